The number of hydrogen-bond acceptors (Lipinski definition) is 7. The van der Waals surface area contributed by atoms with Gasteiger partial charge in [0.05, 0.1) is 22.8 Å². The highest BCUT2D eigenvalue weighted by Gasteiger charge is 2.28. The third-order valence-electron chi connectivity index (χ3n) is 4.90. The topological polar surface area (TPSA) is 111 Å². The highest BCUT2D eigenvalue weighted by molar-refractivity contribution is 5.99. The molecule has 176 valence electrons. The maximum Gasteiger partial charge on any atom is 0.339 e. The van der Waals surface area contributed by atoms with Crippen LogP contribution in [0.4, 0.5) is 17.1 Å². The van der Waals surface area contributed by atoms with Crippen molar-refractivity contribution in [2.45, 2.75) is 13.0 Å². The number of ether oxygens (including phenoxy) is 2. The van der Waals surface area contributed by atoms with Gasteiger partial charge in [0.1, 0.15) is 11.4 Å². The fraction of sp³-hybridized carbons (Fsp3) is 0.200. The lowest BCUT2D eigenvalue weighted by Gasteiger charge is -2.19. The van der Waals surface area contributed by atoms with Gasteiger partial charge in [-0.1, -0.05) is 42.5 Å². The number of esters is 1. The molecule has 0 heterocycles. The zero-order valence-corrected chi connectivity index (χ0v) is 19.1. The first kappa shape index (κ1) is 24.2. The van der Waals surface area contributed by atoms with E-state index in [1.165, 1.54) is 12.1 Å². The molecule has 0 fully saturated rings. The van der Waals surface area contributed by atoms with Gasteiger partial charge in [-0.05, 0) is 31.2 Å². The summed E-state index contributed by atoms with van der Waals surface area (Å²) in [6, 6.07) is 19.5. The van der Waals surface area contributed by atoms with E-state index >= 15 is 0 Å². The second-order valence-electron chi connectivity index (χ2n) is 7.47. The van der Waals surface area contributed by atoms with Gasteiger partial charge < -0.3 is 19.7 Å². The lowest BCUT2D eigenvalue weighted by molar-refractivity contribution is -0.384. The van der Waals surface area contributed by atoms with Crippen LogP contribution >= 0.6 is 0 Å². The van der Waals surface area contributed by atoms with Crippen molar-refractivity contribution >= 4 is 28.9 Å². The number of anilines is 2. The molecule has 0 aliphatic carbocycles. The van der Waals surface area contributed by atoms with Crippen LogP contribution < -0.4 is 15.0 Å². The van der Waals surface area contributed by atoms with Crippen molar-refractivity contribution in [1.29, 1.82) is 0 Å². The summed E-state index contributed by atoms with van der Waals surface area (Å²) >= 11 is 0. The maximum atomic E-state index is 13.2. The zero-order valence-electron chi connectivity index (χ0n) is 19.1. The molecular formula is C25H25N3O6. The predicted octanol–water partition coefficient (Wildman–Crippen LogP) is 4.60. The van der Waals surface area contributed by atoms with Crippen molar-refractivity contribution < 1.29 is 24.0 Å². The van der Waals surface area contributed by atoms with Gasteiger partial charge in [-0.2, -0.15) is 0 Å². The number of para-hydroxylation sites is 2. The Morgan fingerprint density at radius 2 is 1.71 bits per heavy atom. The Morgan fingerprint density at radius 1 is 1.03 bits per heavy atom. The Hall–Kier alpha value is -4.40. The summed E-state index contributed by atoms with van der Waals surface area (Å²) in [4.78, 5) is 38.6. The van der Waals surface area contributed by atoms with E-state index in [1.807, 2.05) is 6.92 Å². The first-order valence-electron chi connectivity index (χ1n) is 10.6. The Kier molecular flexibility index (Phi) is 7.81. The van der Waals surface area contributed by atoms with E-state index in [2.05, 4.69) is 5.32 Å². The standard InChI is InChI=1S/C25H25N3O6/c1-4-33-22-13-9-8-12-19(22)26-24(29)23(17-10-6-5-7-11-17)34-25(30)18-14-15-20(27(2)3)21(16-18)28(31)32/h5-16,23H,4H2,1-3H3,(H,26,29). The van der Waals surface area contributed by atoms with Gasteiger partial charge in [0.25, 0.3) is 11.6 Å². The molecule has 0 spiro atoms. The molecule has 34 heavy (non-hydrogen) atoms. The zero-order chi connectivity index (χ0) is 24.7. The fourth-order valence-corrected chi connectivity index (χ4v) is 3.30. The minimum atomic E-state index is -1.30. The maximum absolute atomic E-state index is 13.2. The predicted molar refractivity (Wildman–Crippen MR) is 128 cm³/mol. The molecule has 1 N–H and O–H groups in total. The van der Waals surface area contributed by atoms with Gasteiger partial charge in [0.15, 0.2) is 0 Å². The first-order chi connectivity index (χ1) is 16.3. The second kappa shape index (κ2) is 11.0. The van der Waals surface area contributed by atoms with Crippen LogP contribution in [0.5, 0.6) is 5.75 Å². The van der Waals surface area contributed by atoms with Gasteiger partial charge in [-0.25, -0.2) is 4.79 Å². The number of nitro benzene ring substituents is 1. The average molecular weight is 463 g/mol. The van der Waals surface area contributed by atoms with Crippen LogP contribution in [0.25, 0.3) is 0 Å². The minimum Gasteiger partial charge on any atom is -0.492 e. The van der Waals surface area contributed by atoms with Gasteiger partial charge in [0, 0.05) is 25.7 Å². The SMILES string of the molecule is CCOc1ccccc1NC(=O)C(OC(=O)c1ccc(N(C)C)c([N+](=O)[O-])c1)c1ccccc1. The van der Waals surface area contributed by atoms with E-state index < -0.39 is 22.9 Å². The number of nitro groups is 1. The molecule has 0 radical (unpaired) electrons. The van der Waals surface area contributed by atoms with Gasteiger partial charge in [-0.3, -0.25) is 14.9 Å². The molecule has 1 atom stereocenters. The lowest BCUT2D eigenvalue weighted by atomic mass is 10.1. The molecule has 0 aliphatic heterocycles. The van der Waals surface area contributed by atoms with E-state index in [4.69, 9.17) is 9.47 Å². The number of carbonyl (C=O) groups is 2. The van der Waals surface area contributed by atoms with Gasteiger partial charge >= 0.3 is 5.97 Å². The normalized spacial score (nSPS) is 11.3. The Morgan fingerprint density at radius 3 is 2.35 bits per heavy atom. The average Bonchev–Trinajstić information content (AvgIpc) is 2.83. The second-order valence-corrected chi connectivity index (χ2v) is 7.47. The molecule has 1 unspecified atom stereocenters. The summed E-state index contributed by atoms with van der Waals surface area (Å²) in [6.07, 6.45) is -1.30. The number of carbonyl (C=O) groups excluding carboxylic acids is 2. The van der Waals surface area contributed by atoms with E-state index in [9.17, 15) is 19.7 Å². The monoisotopic (exact) mass is 463 g/mol. The van der Waals surface area contributed by atoms with E-state index in [0.717, 1.165) is 6.07 Å². The van der Waals surface area contributed by atoms with E-state index in [-0.39, 0.29) is 11.3 Å². The molecule has 9 heteroatoms. The van der Waals surface area contributed by atoms with E-state index in [0.29, 0.717) is 29.3 Å². The van der Waals surface area contributed by atoms with Crippen molar-refractivity contribution in [2.24, 2.45) is 0 Å². The molecular weight excluding hydrogens is 438 g/mol. The fourth-order valence-electron chi connectivity index (χ4n) is 3.30. The number of nitrogens with zero attached hydrogens (tertiary/aromatic N) is 2. The Balaban J connectivity index is 1.91. The summed E-state index contributed by atoms with van der Waals surface area (Å²) in [5.41, 5.74) is 0.928. The molecule has 0 bridgehead atoms. The van der Waals surface area contributed by atoms with Crippen LogP contribution in [-0.4, -0.2) is 37.5 Å². The summed E-state index contributed by atoms with van der Waals surface area (Å²) in [6.45, 7) is 2.24. The van der Waals surface area contributed by atoms with Crippen molar-refractivity contribution in [3.63, 3.8) is 0 Å². The molecule has 1 amide bonds. The molecule has 0 aliphatic rings. The highest BCUT2D eigenvalue weighted by atomic mass is 16.6. The van der Waals surface area contributed by atoms with Crippen LogP contribution in [0.2, 0.25) is 0 Å². The highest BCUT2D eigenvalue weighted by Crippen LogP contribution is 2.30. The van der Waals surface area contributed by atoms with Crippen molar-refractivity contribution in [1.82, 2.24) is 0 Å². The number of benzene rings is 3. The van der Waals surface area contributed by atoms with Crippen LogP contribution in [0.3, 0.4) is 0 Å². The van der Waals surface area contributed by atoms with Crippen LogP contribution in [0, 0.1) is 10.1 Å². The summed E-state index contributed by atoms with van der Waals surface area (Å²) < 4.78 is 11.1. The van der Waals surface area contributed by atoms with Crippen LogP contribution in [0.15, 0.2) is 72.8 Å². The third kappa shape index (κ3) is 5.69. The molecule has 3 aromatic carbocycles. The summed E-state index contributed by atoms with van der Waals surface area (Å²) in [5, 5.41) is 14.2. The molecule has 3 aromatic rings. The van der Waals surface area contributed by atoms with Crippen LogP contribution in [0.1, 0.15) is 28.9 Å². The quantitative estimate of drug-likeness (QED) is 0.280. The van der Waals surface area contributed by atoms with Crippen LogP contribution in [-0.2, 0) is 9.53 Å². The van der Waals surface area contributed by atoms with Gasteiger partial charge in [-0.15, -0.1) is 0 Å². The third-order valence-corrected chi connectivity index (χ3v) is 4.90. The Bertz CT molecular complexity index is 1180. The molecule has 9 nitrogen and oxygen atoms in total. The number of rotatable bonds is 9. The van der Waals surface area contributed by atoms with Crippen molar-refractivity contribution in [3.8, 4) is 5.75 Å². The van der Waals surface area contributed by atoms with Gasteiger partial charge in [0.2, 0.25) is 6.10 Å². The summed E-state index contributed by atoms with van der Waals surface area (Å²) in [5.74, 6) is -0.979. The van der Waals surface area contributed by atoms with Crippen molar-refractivity contribution in [2.75, 3.05) is 30.9 Å². The first-order valence-corrected chi connectivity index (χ1v) is 10.6. The minimum absolute atomic E-state index is 0.0410. The number of amides is 1. The smallest absolute Gasteiger partial charge is 0.339 e. The Labute approximate surface area is 197 Å². The van der Waals surface area contributed by atoms with Crippen molar-refractivity contribution in [3.05, 3.63) is 94.0 Å². The summed E-state index contributed by atoms with van der Waals surface area (Å²) in [7, 11) is 3.33. The largest absolute Gasteiger partial charge is 0.492 e. The molecule has 0 aromatic heterocycles. The molecule has 0 saturated carbocycles. The number of hydrogen-bond donors (Lipinski definition) is 1. The molecule has 3 rings (SSSR count). The number of nitrogens with one attached hydrogen (secondary N) is 1. The van der Waals surface area contributed by atoms with E-state index in [1.54, 1.807) is 73.6 Å². The lowest BCUT2D eigenvalue weighted by Crippen LogP contribution is -2.26. The molecule has 0 saturated heterocycles.